The predicted octanol–water partition coefficient (Wildman–Crippen LogP) is 2.42. The quantitative estimate of drug-likeness (QED) is 0.646. The monoisotopic (exact) mass is 155 g/mol. The van der Waals surface area contributed by atoms with E-state index in [-0.39, 0.29) is 0 Å². The molecule has 0 amide bonds. The van der Waals surface area contributed by atoms with Crippen molar-refractivity contribution in [3.05, 3.63) is 0 Å². The molecule has 11 heavy (non-hydrogen) atoms. The largest absolute Gasteiger partial charge is 0.316 e. The van der Waals surface area contributed by atoms with Gasteiger partial charge in [0.05, 0.1) is 0 Å². The lowest BCUT2D eigenvalue weighted by Gasteiger charge is -2.11. The van der Waals surface area contributed by atoms with Crippen molar-refractivity contribution < 1.29 is 0 Å². The molecule has 2 atom stereocenters. The van der Waals surface area contributed by atoms with Crippen LogP contribution in [0.2, 0.25) is 0 Å². The smallest absolute Gasteiger partial charge is 0.00204 e. The maximum absolute atomic E-state index is 3.53. The van der Waals surface area contributed by atoms with Gasteiger partial charge in [-0.3, -0.25) is 0 Å². The third-order valence-electron chi connectivity index (χ3n) is 2.69. The maximum Gasteiger partial charge on any atom is -0.00204 e. The molecular formula is C10H21N. The first-order chi connectivity index (χ1) is 5.33. The Morgan fingerprint density at radius 1 is 1.27 bits per heavy atom. The molecule has 0 aromatic heterocycles. The Morgan fingerprint density at radius 3 is 2.82 bits per heavy atom. The van der Waals surface area contributed by atoms with E-state index >= 15 is 0 Å². The molecule has 1 saturated heterocycles. The molecule has 1 heterocycles. The summed E-state index contributed by atoms with van der Waals surface area (Å²) in [6.07, 6.45) is 5.64. The van der Waals surface area contributed by atoms with E-state index in [1.165, 1.54) is 38.8 Å². The molecule has 66 valence electrons. The Kier molecular flexibility index (Phi) is 3.92. The van der Waals surface area contributed by atoms with E-state index in [0.717, 1.165) is 11.8 Å². The van der Waals surface area contributed by atoms with Gasteiger partial charge in [0.1, 0.15) is 0 Å². The van der Waals surface area contributed by atoms with Crippen molar-refractivity contribution >= 4 is 0 Å². The third kappa shape index (κ3) is 3.24. The second kappa shape index (κ2) is 4.76. The van der Waals surface area contributed by atoms with E-state index in [4.69, 9.17) is 0 Å². The van der Waals surface area contributed by atoms with Crippen molar-refractivity contribution in [3.63, 3.8) is 0 Å². The van der Waals surface area contributed by atoms with Crippen molar-refractivity contribution in [1.29, 1.82) is 0 Å². The first-order valence-electron chi connectivity index (χ1n) is 5.03. The minimum atomic E-state index is 0.900. The van der Waals surface area contributed by atoms with Gasteiger partial charge in [0.25, 0.3) is 0 Å². The highest BCUT2D eigenvalue weighted by Crippen LogP contribution is 2.19. The van der Waals surface area contributed by atoms with Crippen molar-refractivity contribution in [1.82, 2.24) is 5.32 Å². The zero-order valence-electron chi connectivity index (χ0n) is 7.90. The zero-order chi connectivity index (χ0) is 8.10. The van der Waals surface area contributed by atoms with Crippen LogP contribution in [-0.2, 0) is 0 Å². The van der Waals surface area contributed by atoms with Gasteiger partial charge in [-0.05, 0) is 44.2 Å². The van der Waals surface area contributed by atoms with Crippen molar-refractivity contribution in [2.75, 3.05) is 13.1 Å². The van der Waals surface area contributed by atoms with Gasteiger partial charge in [0, 0.05) is 0 Å². The Labute approximate surface area is 70.6 Å². The molecule has 2 unspecified atom stereocenters. The summed E-state index contributed by atoms with van der Waals surface area (Å²) in [6, 6.07) is 0. The van der Waals surface area contributed by atoms with Crippen LogP contribution in [0.4, 0.5) is 0 Å². The first-order valence-corrected chi connectivity index (χ1v) is 5.03. The van der Waals surface area contributed by atoms with Gasteiger partial charge >= 0.3 is 0 Å². The third-order valence-corrected chi connectivity index (χ3v) is 2.69. The second-order valence-electron chi connectivity index (χ2n) is 4.00. The summed E-state index contributed by atoms with van der Waals surface area (Å²) in [5.74, 6) is 1.86. The minimum absolute atomic E-state index is 0.900. The van der Waals surface area contributed by atoms with Crippen LogP contribution in [0, 0.1) is 11.8 Å². The average Bonchev–Trinajstić information content (AvgIpc) is 2.17. The Hall–Kier alpha value is -0.0400. The molecule has 0 aromatic carbocycles. The molecule has 1 aliphatic heterocycles. The van der Waals surface area contributed by atoms with Crippen LogP contribution in [0.25, 0.3) is 0 Å². The molecule has 1 nitrogen and oxygen atoms in total. The predicted molar refractivity (Wildman–Crippen MR) is 49.7 cm³/mol. The molecule has 0 aliphatic carbocycles. The molecule has 0 aromatic rings. The fourth-order valence-corrected chi connectivity index (χ4v) is 1.91. The molecule has 1 fully saturated rings. The van der Waals surface area contributed by atoms with Crippen LogP contribution in [-0.4, -0.2) is 13.1 Å². The highest BCUT2D eigenvalue weighted by molar-refractivity contribution is 4.70. The average molecular weight is 155 g/mol. The van der Waals surface area contributed by atoms with Crippen LogP contribution in [0.3, 0.4) is 0 Å². The lowest BCUT2D eigenvalue weighted by atomic mass is 9.96. The zero-order valence-corrected chi connectivity index (χ0v) is 7.90. The van der Waals surface area contributed by atoms with Gasteiger partial charge in [-0.15, -0.1) is 0 Å². The molecular weight excluding hydrogens is 134 g/mol. The SMILES string of the molecule is CCCC1CCC(C)CNC1. The Bertz CT molecular complexity index is 101. The highest BCUT2D eigenvalue weighted by Gasteiger charge is 2.14. The van der Waals surface area contributed by atoms with E-state index in [0.29, 0.717) is 0 Å². The summed E-state index contributed by atoms with van der Waals surface area (Å²) < 4.78 is 0. The van der Waals surface area contributed by atoms with Gasteiger partial charge in [-0.1, -0.05) is 20.3 Å². The van der Waals surface area contributed by atoms with Crippen molar-refractivity contribution in [2.45, 2.75) is 39.5 Å². The molecule has 1 heteroatoms. The van der Waals surface area contributed by atoms with Gasteiger partial charge in [0.2, 0.25) is 0 Å². The minimum Gasteiger partial charge on any atom is -0.316 e. The molecule has 0 bridgehead atoms. The van der Waals surface area contributed by atoms with Crippen molar-refractivity contribution in [2.24, 2.45) is 11.8 Å². The van der Waals surface area contributed by atoms with Crippen LogP contribution in [0.1, 0.15) is 39.5 Å². The maximum atomic E-state index is 3.53. The summed E-state index contributed by atoms with van der Waals surface area (Å²) in [6.45, 7) is 7.13. The van der Waals surface area contributed by atoms with Gasteiger partial charge < -0.3 is 5.32 Å². The topological polar surface area (TPSA) is 12.0 Å². The van der Waals surface area contributed by atoms with E-state index in [9.17, 15) is 0 Å². The number of hydrogen-bond acceptors (Lipinski definition) is 1. The first kappa shape index (κ1) is 9.05. The van der Waals surface area contributed by atoms with Gasteiger partial charge in [-0.2, -0.15) is 0 Å². The number of hydrogen-bond donors (Lipinski definition) is 1. The molecule has 1 N–H and O–H groups in total. The molecule has 1 aliphatic rings. The lowest BCUT2D eigenvalue weighted by molar-refractivity contribution is 0.433. The van der Waals surface area contributed by atoms with Gasteiger partial charge in [0.15, 0.2) is 0 Å². The normalized spacial score (nSPS) is 33.3. The lowest BCUT2D eigenvalue weighted by Crippen LogP contribution is -2.22. The van der Waals surface area contributed by atoms with Crippen LogP contribution in [0.5, 0.6) is 0 Å². The molecule has 0 saturated carbocycles. The van der Waals surface area contributed by atoms with Crippen LogP contribution >= 0.6 is 0 Å². The molecule has 0 radical (unpaired) electrons. The van der Waals surface area contributed by atoms with Crippen LogP contribution in [0.15, 0.2) is 0 Å². The van der Waals surface area contributed by atoms with Crippen molar-refractivity contribution in [3.8, 4) is 0 Å². The standard InChI is InChI=1S/C10H21N/c1-3-4-10-6-5-9(2)7-11-8-10/h9-11H,3-8H2,1-2H3. The Balaban J connectivity index is 2.22. The van der Waals surface area contributed by atoms with E-state index in [1.807, 2.05) is 0 Å². The van der Waals surface area contributed by atoms with E-state index < -0.39 is 0 Å². The summed E-state index contributed by atoms with van der Waals surface area (Å²) in [5.41, 5.74) is 0. The number of rotatable bonds is 2. The fraction of sp³-hybridized carbons (Fsp3) is 1.00. The Morgan fingerprint density at radius 2 is 2.09 bits per heavy atom. The summed E-state index contributed by atoms with van der Waals surface area (Å²) >= 11 is 0. The van der Waals surface area contributed by atoms with E-state index in [2.05, 4.69) is 19.2 Å². The molecule has 0 spiro atoms. The summed E-state index contributed by atoms with van der Waals surface area (Å²) in [4.78, 5) is 0. The molecule has 1 rings (SSSR count). The van der Waals surface area contributed by atoms with Gasteiger partial charge in [-0.25, -0.2) is 0 Å². The summed E-state index contributed by atoms with van der Waals surface area (Å²) in [5, 5.41) is 3.53. The van der Waals surface area contributed by atoms with E-state index in [1.54, 1.807) is 0 Å². The second-order valence-corrected chi connectivity index (χ2v) is 4.00. The fourth-order valence-electron chi connectivity index (χ4n) is 1.91. The number of nitrogens with one attached hydrogen (secondary N) is 1. The van der Waals surface area contributed by atoms with Crippen LogP contribution < -0.4 is 5.32 Å². The summed E-state index contributed by atoms with van der Waals surface area (Å²) in [7, 11) is 0. The highest BCUT2D eigenvalue weighted by atomic mass is 14.9.